The van der Waals surface area contributed by atoms with Gasteiger partial charge in [0.15, 0.2) is 0 Å². The third kappa shape index (κ3) is 4.63. The quantitative estimate of drug-likeness (QED) is 0.842. The van der Waals surface area contributed by atoms with Crippen LogP contribution in [0.2, 0.25) is 10.0 Å². The maximum Gasteiger partial charge on any atom is 0.235 e. The monoisotopic (exact) mass is 367 g/mol. The van der Waals surface area contributed by atoms with Gasteiger partial charge in [0.2, 0.25) is 5.91 Å². The molecule has 0 aliphatic heterocycles. The largest absolute Gasteiger partial charge is 0.337 e. The topological polar surface area (TPSA) is 56.1 Å². The molecule has 130 valence electrons. The first-order valence-electron chi connectivity index (χ1n) is 8.24. The first-order valence-corrected chi connectivity index (χ1v) is 9.00. The van der Waals surface area contributed by atoms with Crippen LogP contribution in [0.15, 0.2) is 18.2 Å². The van der Waals surface area contributed by atoms with E-state index in [-0.39, 0.29) is 18.5 Å². The van der Waals surface area contributed by atoms with Crippen molar-refractivity contribution in [1.29, 1.82) is 5.26 Å². The Labute approximate surface area is 153 Å². The van der Waals surface area contributed by atoms with Gasteiger partial charge >= 0.3 is 0 Å². The lowest BCUT2D eigenvalue weighted by atomic mass is 9.83. The molecule has 1 N–H and O–H groups in total. The summed E-state index contributed by atoms with van der Waals surface area (Å²) >= 11 is 12.2. The molecule has 0 radical (unpaired) electrons. The van der Waals surface area contributed by atoms with Crippen molar-refractivity contribution < 1.29 is 4.79 Å². The fourth-order valence-electron chi connectivity index (χ4n) is 3.17. The van der Waals surface area contributed by atoms with E-state index in [1.54, 1.807) is 12.1 Å². The van der Waals surface area contributed by atoms with Gasteiger partial charge in [-0.2, -0.15) is 5.26 Å². The Morgan fingerprint density at radius 3 is 2.62 bits per heavy atom. The number of rotatable bonds is 5. The Balaban J connectivity index is 1.99. The van der Waals surface area contributed by atoms with Crippen LogP contribution in [-0.4, -0.2) is 29.9 Å². The number of hydrogen-bond acceptors (Lipinski definition) is 3. The minimum atomic E-state index is -0.697. The molecule has 24 heavy (non-hydrogen) atoms. The van der Waals surface area contributed by atoms with Crippen molar-refractivity contribution in [3.05, 3.63) is 33.8 Å². The van der Waals surface area contributed by atoms with E-state index in [2.05, 4.69) is 11.4 Å². The molecule has 1 aromatic carbocycles. The maximum absolute atomic E-state index is 12.4. The molecule has 2 rings (SSSR count). The lowest BCUT2D eigenvalue weighted by Crippen LogP contribution is -2.51. The smallest absolute Gasteiger partial charge is 0.235 e. The number of amides is 1. The number of carbonyl (C=O) groups is 1. The van der Waals surface area contributed by atoms with Gasteiger partial charge in [-0.3, -0.25) is 9.69 Å². The van der Waals surface area contributed by atoms with E-state index >= 15 is 0 Å². The fraction of sp³-hybridized carbons (Fsp3) is 0.556. The molecular formula is C18H23Cl2N3O. The summed E-state index contributed by atoms with van der Waals surface area (Å²) in [7, 11) is 1.87. The Morgan fingerprint density at radius 1 is 1.38 bits per heavy atom. The highest BCUT2D eigenvalue weighted by molar-refractivity contribution is 6.35. The predicted octanol–water partition coefficient (Wildman–Crippen LogP) is 4.33. The van der Waals surface area contributed by atoms with Crippen LogP contribution >= 0.6 is 23.2 Å². The number of hydrogen-bond donors (Lipinski definition) is 1. The molecule has 1 unspecified atom stereocenters. The highest BCUT2D eigenvalue weighted by atomic mass is 35.5. The molecular weight excluding hydrogens is 345 g/mol. The van der Waals surface area contributed by atoms with Gasteiger partial charge in [-0.05, 0) is 44.5 Å². The van der Waals surface area contributed by atoms with E-state index in [1.807, 2.05) is 24.9 Å². The highest BCUT2D eigenvalue weighted by Crippen LogP contribution is 2.30. The normalized spacial score (nSPS) is 18.0. The fourth-order valence-corrected chi connectivity index (χ4v) is 3.73. The summed E-state index contributed by atoms with van der Waals surface area (Å²) in [4.78, 5) is 14.3. The van der Waals surface area contributed by atoms with Gasteiger partial charge in [0.1, 0.15) is 5.54 Å². The molecule has 0 heterocycles. The summed E-state index contributed by atoms with van der Waals surface area (Å²) < 4.78 is 0. The zero-order valence-electron chi connectivity index (χ0n) is 14.1. The summed E-state index contributed by atoms with van der Waals surface area (Å²) in [5.74, 6) is -0.127. The van der Waals surface area contributed by atoms with Crippen molar-refractivity contribution in [2.75, 3.05) is 13.6 Å². The maximum atomic E-state index is 12.4. The molecule has 0 bridgehead atoms. The van der Waals surface area contributed by atoms with Crippen LogP contribution in [0.1, 0.15) is 50.6 Å². The van der Waals surface area contributed by atoms with Crippen molar-refractivity contribution in [2.24, 2.45) is 0 Å². The van der Waals surface area contributed by atoms with Crippen LogP contribution < -0.4 is 5.32 Å². The zero-order valence-corrected chi connectivity index (χ0v) is 15.6. The summed E-state index contributed by atoms with van der Waals surface area (Å²) in [6, 6.07) is 7.65. The number of likely N-dealkylation sites (N-methyl/N-ethyl adjacent to an activating group) is 1. The molecule has 1 amide bonds. The molecule has 1 saturated carbocycles. The Morgan fingerprint density at radius 2 is 2.04 bits per heavy atom. The van der Waals surface area contributed by atoms with E-state index in [0.717, 1.165) is 37.7 Å². The summed E-state index contributed by atoms with van der Waals surface area (Å²) in [5.41, 5.74) is 0.223. The molecule has 1 aromatic rings. The summed E-state index contributed by atoms with van der Waals surface area (Å²) in [6.45, 7) is 2.20. The van der Waals surface area contributed by atoms with E-state index < -0.39 is 5.54 Å². The average molecular weight is 368 g/mol. The highest BCUT2D eigenvalue weighted by Gasteiger charge is 2.33. The second kappa shape index (κ2) is 8.20. The molecule has 0 aromatic heterocycles. The first kappa shape index (κ1) is 19.1. The third-order valence-corrected chi connectivity index (χ3v) is 5.33. The minimum absolute atomic E-state index is 0.0371. The van der Waals surface area contributed by atoms with Crippen LogP contribution in [0.5, 0.6) is 0 Å². The lowest BCUT2D eigenvalue weighted by Gasteiger charge is -2.33. The number of carbonyl (C=O) groups excluding carboxylic acids is 1. The van der Waals surface area contributed by atoms with E-state index in [0.29, 0.717) is 10.0 Å². The van der Waals surface area contributed by atoms with Gasteiger partial charge in [-0.25, -0.2) is 0 Å². The molecule has 6 heteroatoms. The lowest BCUT2D eigenvalue weighted by molar-refractivity contribution is -0.124. The standard InChI is InChI=1S/C18H23Cl2N3O/c1-13(15-7-6-14(19)10-16(15)20)23(2)11-17(24)22-18(12-21)8-4-3-5-9-18/h6-7,10,13H,3-5,8-9,11H2,1-2H3,(H,22,24). The van der Waals surface area contributed by atoms with E-state index in [9.17, 15) is 10.1 Å². The second-order valence-corrected chi connectivity index (χ2v) is 7.40. The average Bonchev–Trinajstić information content (AvgIpc) is 2.55. The second-order valence-electron chi connectivity index (χ2n) is 6.56. The molecule has 1 atom stereocenters. The van der Waals surface area contributed by atoms with Gasteiger partial charge in [0, 0.05) is 16.1 Å². The van der Waals surface area contributed by atoms with Crippen molar-refractivity contribution in [3.63, 3.8) is 0 Å². The number of halogens is 2. The molecule has 1 aliphatic rings. The number of benzene rings is 1. The van der Waals surface area contributed by atoms with Gasteiger partial charge in [0.05, 0.1) is 12.6 Å². The number of nitrogens with zero attached hydrogens (tertiary/aromatic N) is 2. The van der Waals surface area contributed by atoms with Crippen LogP contribution in [-0.2, 0) is 4.79 Å². The SMILES string of the molecule is CC(c1ccc(Cl)cc1Cl)N(C)CC(=O)NC1(C#N)CCCCC1. The molecule has 0 spiro atoms. The van der Waals surface area contributed by atoms with Gasteiger partial charge in [0.25, 0.3) is 0 Å². The van der Waals surface area contributed by atoms with Crippen molar-refractivity contribution >= 4 is 29.1 Å². The van der Waals surface area contributed by atoms with Crippen molar-refractivity contribution in [2.45, 2.75) is 50.6 Å². The van der Waals surface area contributed by atoms with Crippen LogP contribution in [0.4, 0.5) is 0 Å². The Kier molecular flexibility index (Phi) is 6.51. The predicted molar refractivity (Wildman–Crippen MR) is 97.1 cm³/mol. The van der Waals surface area contributed by atoms with E-state index in [1.165, 1.54) is 0 Å². The van der Waals surface area contributed by atoms with Gasteiger partial charge < -0.3 is 5.32 Å². The number of nitrogens with one attached hydrogen (secondary N) is 1. The van der Waals surface area contributed by atoms with Gasteiger partial charge in [-0.1, -0.05) is 48.5 Å². The number of nitriles is 1. The van der Waals surface area contributed by atoms with Crippen molar-refractivity contribution in [1.82, 2.24) is 10.2 Å². The summed E-state index contributed by atoms with van der Waals surface area (Å²) in [5, 5.41) is 13.6. The summed E-state index contributed by atoms with van der Waals surface area (Å²) in [6.07, 6.45) is 4.57. The zero-order chi connectivity index (χ0) is 17.7. The molecule has 1 aliphatic carbocycles. The van der Waals surface area contributed by atoms with Gasteiger partial charge in [-0.15, -0.1) is 0 Å². The Hall–Kier alpha value is -1.28. The molecule has 0 saturated heterocycles. The van der Waals surface area contributed by atoms with Crippen LogP contribution in [0.25, 0.3) is 0 Å². The van der Waals surface area contributed by atoms with E-state index in [4.69, 9.17) is 23.2 Å². The van der Waals surface area contributed by atoms with Crippen molar-refractivity contribution in [3.8, 4) is 6.07 Å². The van der Waals surface area contributed by atoms with Crippen LogP contribution in [0, 0.1) is 11.3 Å². The van der Waals surface area contributed by atoms with Crippen LogP contribution in [0.3, 0.4) is 0 Å². The third-order valence-electron chi connectivity index (χ3n) is 4.77. The molecule has 1 fully saturated rings. The molecule has 4 nitrogen and oxygen atoms in total. The Bertz CT molecular complexity index is 636. The first-order chi connectivity index (χ1) is 11.4. The minimum Gasteiger partial charge on any atom is -0.337 e.